The van der Waals surface area contributed by atoms with Crippen molar-refractivity contribution in [1.82, 2.24) is 5.43 Å². The van der Waals surface area contributed by atoms with Gasteiger partial charge in [-0.2, -0.15) is 5.10 Å². The van der Waals surface area contributed by atoms with Crippen molar-refractivity contribution in [3.8, 4) is 17.2 Å². The molecule has 0 heterocycles. The highest BCUT2D eigenvalue weighted by atomic mass is 16.5. The first kappa shape index (κ1) is 20.7. The predicted molar refractivity (Wildman–Crippen MR) is 117 cm³/mol. The summed E-state index contributed by atoms with van der Waals surface area (Å²) in [5.74, 6) is 1.96. The zero-order chi connectivity index (χ0) is 21.0. The van der Waals surface area contributed by atoms with Crippen LogP contribution < -0.4 is 25.0 Å². The molecule has 7 nitrogen and oxygen atoms in total. The number of hydrazone groups is 1. The maximum absolute atomic E-state index is 11.8. The number of nitrogens with one attached hydrogen (secondary N) is 2. The van der Waals surface area contributed by atoms with E-state index in [1.54, 1.807) is 31.4 Å². The summed E-state index contributed by atoms with van der Waals surface area (Å²) in [5.41, 5.74) is 3.85. The Morgan fingerprint density at radius 2 is 1.60 bits per heavy atom. The Balaban J connectivity index is 1.48. The van der Waals surface area contributed by atoms with Crippen LogP contribution in [-0.4, -0.2) is 32.6 Å². The van der Waals surface area contributed by atoms with E-state index in [1.807, 2.05) is 54.6 Å². The van der Waals surface area contributed by atoms with E-state index in [1.165, 1.54) is 6.21 Å². The van der Waals surface area contributed by atoms with Crippen LogP contribution in [0.1, 0.15) is 5.56 Å². The van der Waals surface area contributed by atoms with Gasteiger partial charge in [0.25, 0.3) is 0 Å². The van der Waals surface area contributed by atoms with Crippen molar-refractivity contribution >= 4 is 17.9 Å². The fraction of sp³-hybridized carbons (Fsp3) is 0.130. The monoisotopic (exact) mass is 405 g/mol. The van der Waals surface area contributed by atoms with Gasteiger partial charge in [0.05, 0.1) is 13.3 Å². The standard InChI is InChI=1S/C23H23N3O4/c1-28-22-16-18(17-24-26-23(27)25-19-8-4-2-5-9-19)12-13-21(22)30-15-14-29-20-10-6-3-7-11-20/h2-13,16-17H,14-15H2,1H3,(H2,25,26,27). The van der Waals surface area contributed by atoms with Crippen LogP contribution in [0.3, 0.4) is 0 Å². The van der Waals surface area contributed by atoms with Gasteiger partial charge in [0.1, 0.15) is 19.0 Å². The number of benzene rings is 3. The Morgan fingerprint density at radius 3 is 2.33 bits per heavy atom. The van der Waals surface area contributed by atoms with Crippen molar-refractivity contribution < 1.29 is 19.0 Å². The molecule has 3 aromatic carbocycles. The molecule has 0 unspecified atom stereocenters. The lowest BCUT2D eigenvalue weighted by Gasteiger charge is -2.12. The van der Waals surface area contributed by atoms with Crippen LogP contribution in [0.5, 0.6) is 17.2 Å². The van der Waals surface area contributed by atoms with Gasteiger partial charge in [-0.1, -0.05) is 36.4 Å². The van der Waals surface area contributed by atoms with E-state index in [9.17, 15) is 4.79 Å². The van der Waals surface area contributed by atoms with Crippen LogP contribution >= 0.6 is 0 Å². The summed E-state index contributed by atoms with van der Waals surface area (Å²) in [6.45, 7) is 0.788. The normalized spacial score (nSPS) is 10.4. The zero-order valence-electron chi connectivity index (χ0n) is 16.6. The molecule has 3 rings (SSSR count). The summed E-state index contributed by atoms with van der Waals surface area (Å²) in [6.07, 6.45) is 1.52. The largest absolute Gasteiger partial charge is 0.493 e. The number of rotatable bonds is 9. The van der Waals surface area contributed by atoms with E-state index >= 15 is 0 Å². The molecular weight excluding hydrogens is 382 g/mol. The summed E-state index contributed by atoms with van der Waals surface area (Å²) in [4.78, 5) is 11.8. The summed E-state index contributed by atoms with van der Waals surface area (Å²) in [5, 5.41) is 6.63. The minimum absolute atomic E-state index is 0.375. The maximum Gasteiger partial charge on any atom is 0.339 e. The third-order valence-electron chi connectivity index (χ3n) is 3.95. The van der Waals surface area contributed by atoms with Gasteiger partial charge < -0.3 is 19.5 Å². The molecule has 0 fully saturated rings. The molecular formula is C23H23N3O4. The van der Waals surface area contributed by atoms with Crippen LogP contribution in [0.2, 0.25) is 0 Å². The van der Waals surface area contributed by atoms with Crippen LogP contribution in [-0.2, 0) is 0 Å². The van der Waals surface area contributed by atoms with Gasteiger partial charge in [0.2, 0.25) is 0 Å². The lowest BCUT2D eigenvalue weighted by Crippen LogP contribution is -2.24. The van der Waals surface area contributed by atoms with E-state index in [0.29, 0.717) is 30.4 Å². The number of hydrogen-bond donors (Lipinski definition) is 2. The van der Waals surface area contributed by atoms with E-state index < -0.39 is 6.03 Å². The number of carbonyl (C=O) groups is 1. The molecule has 0 bridgehead atoms. The summed E-state index contributed by atoms with van der Waals surface area (Å²) < 4.78 is 16.7. The van der Waals surface area contributed by atoms with Gasteiger partial charge in [0.15, 0.2) is 11.5 Å². The van der Waals surface area contributed by atoms with Crippen molar-refractivity contribution in [2.75, 3.05) is 25.6 Å². The summed E-state index contributed by atoms with van der Waals surface area (Å²) >= 11 is 0. The number of para-hydroxylation sites is 2. The Kier molecular flexibility index (Phi) is 7.68. The first-order valence-electron chi connectivity index (χ1n) is 9.38. The quantitative estimate of drug-likeness (QED) is 0.316. The summed E-state index contributed by atoms with van der Waals surface area (Å²) in [6, 6.07) is 23.6. The second-order valence-corrected chi connectivity index (χ2v) is 6.11. The molecule has 0 aliphatic carbocycles. The average molecular weight is 405 g/mol. The third-order valence-corrected chi connectivity index (χ3v) is 3.95. The SMILES string of the molecule is COc1cc(C=NNC(=O)Nc2ccccc2)ccc1OCCOc1ccccc1. The number of carbonyl (C=O) groups excluding carboxylic acids is 1. The van der Waals surface area contributed by atoms with Crippen molar-refractivity contribution in [2.45, 2.75) is 0 Å². The van der Waals surface area contributed by atoms with Gasteiger partial charge in [-0.15, -0.1) is 0 Å². The van der Waals surface area contributed by atoms with Gasteiger partial charge in [-0.3, -0.25) is 0 Å². The molecule has 0 aliphatic rings. The molecule has 0 spiro atoms. The fourth-order valence-electron chi connectivity index (χ4n) is 2.56. The van der Waals surface area contributed by atoms with E-state index in [0.717, 1.165) is 11.3 Å². The molecule has 154 valence electrons. The highest BCUT2D eigenvalue weighted by Gasteiger charge is 2.06. The van der Waals surface area contributed by atoms with Crippen LogP contribution in [0, 0.1) is 0 Å². The van der Waals surface area contributed by atoms with Gasteiger partial charge in [-0.05, 0) is 48.0 Å². The second-order valence-electron chi connectivity index (χ2n) is 6.11. The molecule has 0 atom stereocenters. The lowest BCUT2D eigenvalue weighted by atomic mass is 10.2. The minimum atomic E-state index is -0.428. The highest BCUT2D eigenvalue weighted by Crippen LogP contribution is 2.27. The first-order chi connectivity index (χ1) is 14.7. The molecule has 0 radical (unpaired) electrons. The molecule has 7 heteroatoms. The third kappa shape index (κ3) is 6.56. The molecule has 2 amide bonds. The van der Waals surface area contributed by atoms with Gasteiger partial charge in [-0.25, -0.2) is 10.2 Å². The molecule has 3 aromatic rings. The highest BCUT2D eigenvalue weighted by molar-refractivity contribution is 5.90. The number of nitrogens with zero attached hydrogens (tertiary/aromatic N) is 1. The number of amides is 2. The Hall–Kier alpha value is -4.00. The topological polar surface area (TPSA) is 81.2 Å². The Bertz CT molecular complexity index is 963. The van der Waals surface area contributed by atoms with E-state index in [2.05, 4.69) is 15.8 Å². The van der Waals surface area contributed by atoms with Crippen LogP contribution in [0.4, 0.5) is 10.5 Å². The Labute approximate surface area is 175 Å². The minimum Gasteiger partial charge on any atom is -0.493 e. The average Bonchev–Trinajstić information content (AvgIpc) is 2.78. The lowest BCUT2D eigenvalue weighted by molar-refractivity contribution is 0.211. The molecule has 30 heavy (non-hydrogen) atoms. The smallest absolute Gasteiger partial charge is 0.339 e. The first-order valence-corrected chi connectivity index (χ1v) is 9.38. The number of ether oxygens (including phenoxy) is 3. The molecule has 2 N–H and O–H groups in total. The molecule has 0 saturated carbocycles. The maximum atomic E-state index is 11.8. The molecule has 0 aliphatic heterocycles. The predicted octanol–water partition coefficient (Wildman–Crippen LogP) is 4.31. The molecule has 0 saturated heterocycles. The van der Waals surface area contributed by atoms with Crippen molar-refractivity contribution in [3.63, 3.8) is 0 Å². The van der Waals surface area contributed by atoms with Crippen LogP contribution in [0.25, 0.3) is 0 Å². The number of hydrogen-bond acceptors (Lipinski definition) is 5. The van der Waals surface area contributed by atoms with Crippen molar-refractivity contribution in [3.05, 3.63) is 84.4 Å². The Morgan fingerprint density at radius 1 is 0.900 bits per heavy atom. The second kappa shape index (κ2) is 11.1. The fourth-order valence-corrected chi connectivity index (χ4v) is 2.56. The van der Waals surface area contributed by atoms with E-state index in [4.69, 9.17) is 14.2 Å². The zero-order valence-corrected chi connectivity index (χ0v) is 16.6. The van der Waals surface area contributed by atoms with Gasteiger partial charge >= 0.3 is 6.03 Å². The number of methoxy groups -OCH3 is 1. The van der Waals surface area contributed by atoms with Gasteiger partial charge in [0, 0.05) is 5.69 Å². The number of urea groups is 1. The van der Waals surface area contributed by atoms with Crippen LogP contribution in [0.15, 0.2) is 84.0 Å². The number of anilines is 1. The van der Waals surface area contributed by atoms with Crippen molar-refractivity contribution in [2.24, 2.45) is 5.10 Å². The van der Waals surface area contributed by atoms with E-state index in [-0.39, 0.29) is 0 Å². The molecule has 0 aromatic heterocycles. The summed E-state index contributed by atoms with van der Waals surface area (Å²) in [7, 11) is 1.56. The van der Waals surface area contributed by atoms with Crippen molar-refractivity contribution in [1.29, 1.82) is 0 Å².